The summed E-state index contributed by atoms with van der Waals surface area (Å²) in [5.74, 6) is -1.34. The molecule has 2 aromatic rings. The van der Waals surface area contributed by atoms with E-state index in [1.165, 1.54) is 0 Å². The monoisotopic (exact) mass is 239 g/mol. The van der Waals surface area contributed by atoms with Crippen molar-refractivity contribution in [3.05, 3.63) is 67.1 Å². The van der Waals surface area contributed by atoms with Gasteiger partial charge in [0.25, 0.3) is 0 Å². The first-order valence-corrected chi connectivity index (χ1v) is 5.90. The predicted octanol–water partition coefficient (Wildman–Crippen LogP) is 3.75. The minimum atomic E-state index is -0.822. The molecule has 0 heterocycles. The third-order valence-electron chi connectivity index (χ3n) is 3.01. The van der Waals surface area contributed by atoms with E-state index in [9.17, 15) is 4.79 Å². The molecule has 0 spiro atoms. The minimum Gasteiger partial charge on any atom is -0.481 e. The van der Waals surface area contributed by atoms with E-state index in [0.717, 1.165) is 16.7 Å². The van der Waals surface area contributed by atoms with Crippen LogP contribution in [0.5, 0.6) is 0 Å². The first kappa shape index (κ1) is 12.4. The maximum Gasteiger partial charge on any atom is 0.310 e. The summed E-state index contributed by atoms with van der Waals surface area (Å²) in [6.07, 6.45) is 0.361. The van der Waals surface area contributed by atoms with Gasteiger partial charge in [-0.1, -0.05) is 61.5 Å². The molecule has 1 N–H and O–H groups in total. The summed E-state index contributed by atoms with van der Waals surface area (Å²) in [5, 5.41) is 9.07. The Hall–Kier alpha value is -2.09. The molecule has 0 saturated carbocycles. The van der Waals surface area contributed by atoms with Crippen molar-refractivity contribution in [1.29, 1.82) is 0 Å². The van der Waals surface area contributed by atoms with E-state index in [2.05, 4.69) is 6.92 Å². The van der Waals surface area contributed by atoms with Crippen LogP contribution in [0.4, 0.5) is 0 Å². The molecule has 2 aromatic carbocycles. The predicted molar refractivity (Wildman–Crippen MR) is 72.2 cm³/mol. The van der Waals surface area contributed by atoms with Crippen LogP contribution in [0.1, 0.15) is 17.9 Å². The van der Waals surface area contributed by atoms with Crippen LogP contribution < -0.4 is 0 Å². The van der Waals surface area contributed by atoms with Crippen LogP contribution in [0, 0.1) is 6.92 Å². The van der Waals surface area contributed by atoms with Crippen molar-refractivity contribution in [1.82, 2.24) is 0 Å². The van der Waals surface area contributed by atoms with Crippen molar-refractivity contribution >= 4 is 5.97 Å². The van der Waals surface area contributed by atoms with E-state index >= 15 is 0 Å². The lowest BCUT2D eigenvalue weighted by Gasteiger charge is -2.10. The van der Waals surface area contributed by atoms with Gasteiger partial charge in [-0.05, 0) is 23.1 Å². The second kappa shape index (κ2) is 5.50. The first-order chi connectivity index (χ1) is 8.72. The Labute approximate surface area is 107 Å². The summed E-state index contributed by atoms with van der Waals surface area (Å²) < 4.78 is 0. The molecule has 0 aliphatic heterocycles. The quantitative estimate of drug-likeness (QED) is 0.882. The zero-order valence-electron chi connectivity index (χ0n) is 10.0. The minimum absolute atomic E-state index is 0.361. The largest absolute Gasteiger partial charge is 0.481 e. The summed E-state index contributed by atoms with van der Waals surface area (Å²) in [7, 11) is 0. The first-order valence-electron chi connectivity index (χ1n) is 5.90. The number of benzene rings is 2. The summed E-state index contributed by atoms with van der Waals surface area (Å²) in [6, 6.07) is 17.7. The van der Waals surface area contributed by atoms with Crippen LogP contribution in [-0.4, -0.2) is 11.1 Å². The zero-order chi connectivity index (χ0) is 13.0. The van der Waals surface area contributed by atoms with Crippen molar-refractivity contribution in [2.75, 3.05) is 0 Å². The molecule has 0 aliphatic carbocycles. The lowest BCUT2D eigenvalue weighted by molar-refractivity contribution is -0.138. The molecule has 91 valence electrons. The van der Waals surface area contributed by atoms with Gasteiger partial charge in [0.1, 0.15) is 0 Å². The van der Waals surface area contributed by atoms with Gasteiger partial charge in [-0.2, -0.15) is 0 Å². The maximum absolute atomic E-state index is 11.0. The fraction of sp³-hybridized carbons (Fsp3) is 0.125. The average Bonchev–Trinajstić information content (AvgIpc) is 2.41. The molecule has 18 heavy (non-hydrogen) atoms. The van der Waals surface area contributed by atoms with Crippen molar-refractivity contribution in [3.8, 4) is 11.1 Å². The van der Waals surface area contributed by atoms with Gasteiger partial charge in [0.05, 0.1) is 5.92 Å². The molecular weight excluding hydrogens is 224 g/mol. The van der Waals surface area contributed by atoms with E-state index in [4.69, 9.17) is 5.11 Å². The Kier molecular flexibility index (Phi) is 3.78. The molecule has 2 rings (SSSR count). The molecule has 0 amide bonds. The van der Waals surface area contributed by atoms with Crippen LogP contribution in [0.15, 0.2) is 54.6 Å². The number of rotatable bonds is 4. The molecule has 1 atom stereocenters. The van der Waals surface area contributed by atoms with Crippen molar-refractivity contribution in [3.63, 3.8) is 0 Å². The van der Waals surface area contributed by atoms with Gasteiger partial charge in [0.15, 0.2) is 0 Å². The summed E-state index contributed by atoms with van der Waals surface area (Å²) in [6.45, 7) is 3.68. The molecule has 0 saturated heterocycles. The molecule has 0 bridgehead atoms. The standard InChI is InChI=1S/C16H15O2/c1-2-15(16(17)18)14-10-8-13(9-11-14)12-6-4-3-5-7-12/h3-11,15H,1-2H2,(H,17,18). The molecule has 0 aliphatic rings. The topological polar surface area (TPSA) is 37.3 Å². The van der Waals surface area contributed by atoms with E-state index in [1.54, 1.807) is 0 Å². The third-order valence-corrected chi connectivity index (χ3v) is 3.01. The highest BCUT2D eigenvalue weighted by molar-refractivity contribution is 5.76. The van der Waals surface area contributed by atoms with Gasteiger partial charge in [-0.15, -0.1) is 0 Å². The summed E-state index contributed by atoms with van der Waals surface area (Å²) in [4.78, 5) is 11.0. The van der Waals surface area contributed by atoms with E-state index in [-0.39, 0.29) is 0 Å². The molecule has 0 aromatic heterocycles. The number of aliphatic carboxylic acids is 1. The van der Waals surface area contributed by atoms with Crippen molar-refractivity contribution in [2.24, 2.45) is 0 Å². The second-order valence-electron chi connectivity index (χ2n) is 4.17. The van der Waals surface area contributed by atoms with Crippen LogP contribution in [-0.2, 0) is 4.79 Å². The summed E-state index contributed by atoms with van der Waals surface area (Å²) in [5.41, 5.74) is 3.02. The van der Waals surface area contributed by atoms with Crippen LogP contribution in [0.2, 0.25) is 0 Å². The molecule has 1 unspecified atom stereocenters. The van der Waals surface area contributed by atoms with Crippen LogP contribution in [0.25, 0.3) is 11.1 Å². The van der Waals surface area contributed by atoms with Crippen molar-refractivity contribution < 1.29 is 9.90 Å². The highest BCUT2D eigenvalue weighted by Crippen LogP contribution is 2.24. The van der Waals surface area contributed by atoms with Gasteiger partial charge in [-0.3, -0.25) is 4.79 Å². The van der Waals surface area contributed by atoms with Gasteiger partial charge in [0, 0.05) is 0 Å². The Morgan fingerprint density at radius 3 is 2.06 bits per heavy atom. The highest BCUT2D eigenvalue weighted by atomic mass is 16.4. The average molecular weight is 239 g/mol. The number of hydrogen-bond donors (Lipinski definition) is 1. The van der Waals surface area contributed by atoms with E-state index in [0.29, 0.717) is 6.42 Å². The molecular formula is C16H15O2. The summed E-state index contributed by atoms with van der Waals surface area (Å²) >= 11 is 0. The van der Waals surface area contributed by atoms with E-state index in [1.807, 2.05) is 54.6 Å². The Bertz CT molecular complexity index is 515. The fourth-order valence-corrected chi connectivity index (χ4v) is 1.97. The lowest BCUT2D eigenvalue weighted by Crippen LogP contribution is -2.10. The molecule has 1 radical (unpaired) electrons. The van der Waals surface area contributed by atoms with Gasteiger partial charge >= 0.3 is 5.97 Å². The SMILES string of the molecule is [CH2]CC(C(=O)O)c1ccc(-c2ccccc2)cc1. The molecule has 0 fully saturated rings. The normalized spacial score (nSPS) is 12.1. The number of carboxylic acids is 1. The van der Waals surface area contributed by atoms with Gasteiger partial charge in [0.2, 0.25) is 0 Å². The van der Waals surface area contributed by atoms with Crippen molar-refractivity contribution in [2.45, 2.75) is 12.3 Å². The maximum atomic E-state index is 11.0. The zero-order valence-corrected chi connectivity index (χ0v) is 10.0. The van der Waals surface area contributed by atoms with Gasteiger partial charge < -0.3 is 5.11 Å². The number of carbonyl (C=O) groups is 1. The molecule has 2 nitrogen and oxygen atoms in total. The lowest BCUT2D eigenvalue weighted by atomic mass is 9.94. The highest BCUT2D eigenvalue weighted by Gasteiger charge is 2.17. The Balaban J connectivity index is 2.28. The van der Waals surface area contributed by atoms with Crippen LogP contribution >= 0.6 is 0 Å². The van der Waals surface area contributed by atoms with Gasteiger partial charge in [-0.25, -0.2) is 0 Å². The smallest absolute Gasteiger partial charge is 0.310 e. The Morgan fingerprint density at radius 1 is 1.00 bits per heavy atom. The number of hydrogen-bond acceptors (Lipinski definition) is 1. The second-order valence-corrected chi connectivity index (χ2v) is 4.17. The Morgan fingerprint density at radius 2 is 1.56 bits per heavy atom. The number of carboxylic acid groups (broad SMARTS) is 1. The fourth-order valence-electron chi connectivity index (χ4n) is 1.97. The van der Waals surface area contributed by atoms with Crippen LogP contribution in [0.3, 0.4) is 0 Å². The third kappa shape index (κ3) is 2.59. The molecule has 2 heteroatoms. The van der Waals surface area contributed by atoms with E-state index < -0.39 is 11.9 Å².